The molecule has 1 saturated heterocycles. The molecule has 0 spiro atoms. The highest BCUT2D eigenvalue weighted by molar-refractivity contribution is 5.67. The fourth-order valence-corrected chi connectivity index (χ4v) is 3.94. The smallest absolute Gasteiger partial charge is 0.133 e. The van der Waals surface area contributed by atoms with E-state index in [9.17, 15) is 0 Å². The second kappa shape index (κ2) is 8.57. The quantitative estimate of drug-likeness (QED) is 0.845. The van der Waals surface area contributed by atoms with Crippen molar-refractivity contribution in [3.05, 3.63) is 30.5 Å². The Morgan fingerprint density at radius 3 is 2.70 bits per heavy atom. The van der Waals surface area contributed by atoms with E-state index in [0.29, 0.717) is 6.04 Å². The molecule has 0 amide bonds. The highest BCUT2D eigenvalue weighted by Gasteiger charge is 2.16. The van der Waals surface area contributed by atoms with Crippen LogP contribution in [0.5, 0.6) is 5.75 Å². The van der Waals surface area contributed by atoms with Crippen LogP contribution in [0.3, 0.4) is 0 Å². The van der Waals surface area contributed by atoms with Gasteiger partial charge in [0, 0.05) is 56.1 Å². The molecule has 2 aromatic heterocycles. The van der Waals surface area contributed by atoms with Crippen LogP contribution in [0, 0.1) is 0 Å². The highest BCUT2D eigenvalue weighted by atomic mass is 16.5. The number of rotatable bonds is 5. The number of hydrogen-bond acceptors (Lipinski definition) is 6. The van der Waals surface area contributed by atoms with Gasteiger partial charge in [0.1, 0.15) is 17.4 Å². The summed E-state index contributed by atoms with van der Waals surface area (Å²) in [5.74, 6) is 2.75. The van der Waals surface area contributed by atoms with E-state index in [-0.39, 0.29) is 0 Å². The van der Waals surface area contributed by atoms with Crippen molar-refractivity contribution in [1.29, 1.82) is 0 Å². The molecule has 6 nitrogen and oxygen atoms in total. The lowest BCUT2D eigenvalue weighted by molar-refractivity contribution is 0.414. The number of nitrogens with zero attached hydrogens (tertiary/aromatic N) is 3. The van der Waals surface area contributed by atoms with Crippen molar-refractivity contribution < 1.29 is 4.74 Å². The van der Waals surface area contributed by atoms with E-state index in [0.717, 1.165) is 54.8 Å². The summed E-state index contributed by atoms with van der Waals surface area (Å²) in [4.78, 5) is 11.8. The minimum absolute atomic E-state index is 0.538. The Balaban J connectivity index is 1.59. The van der Waals surface area contributed by atoms with Gasteiger partial charge in [-0.1, -0.05) is 19.3 Å². The van der Waals surface area contributed by atoms with E-state index in [1.807, 2.05) is 24.4 Å². The van der Waals surface area contributed by atoms with Crippen LogP contribution in [0.2, 0.25) is 0 Å². The molecule has 4 rings (SSSR count). The number of pyridine rings is 2. The van der Waals surface area contributed by atoms with Crippen LogP contribution in [-0.2, 0) is 0 Å². The van der Waals surface area contributed by atoms with E-state index in [2.05, 4.69) is 26.6 Å². The summed E-state index contributed by atoms with van der Waals surface area (Å²) in [5.41, 5.74) is 2.00. The van der Waals surface area contributed by atoms with Crippen molar-refractivity contribution >= 4 is 11.6 Å². The zero-order chi connectivity index (χ0) is 18.5. The average molecular weight is 367 g/mol. The molecule has 2 fully saturated rings. The minimum atomic E-state index is 0.538. The van der Waals surface area contributed by atoms with Gasteiger partial charge < -0.3 is 20.3 Å². The van der Waals surface area contributed by atoms with Crippen LogP contribution in [0.4, 0.5) is 11.6 Å². The lowest BCUT2D eigenvalue weighted by Crippen LogP contribution is -2.43. The van der Waals surface area contributed by atoms with Crippen LogP contribution in [0.1, 0.15) is 32.1 Å². The molecule has 2 aromatic rings. The number of ether oxygens (including phenoxy) is 1. The van der Waals surface area contributed by atoms with Gasteiger partial charge in [0.2, 0.25) is 0 Å². The molecular weight excluding hydrogens is 338 g/mol. The highest BCUT2D eigenvalue weighted by Crippen LogP contribution is 2.29. The van der Waals surface area contributed by atoms with Crippen molar-refractivity contribution in [2.45, 2.75) is 38.1 Å². The van der Waals surface area contributed by atoms with Crippen molar-refractivity contribution in [2.24, 2.45) is 0 Å². The molecule has 1 aliphatic carbocycles. The molecular formula is C21H29N5O. The molecule has 0 bridgehead atoms. The Morgan fingerprint density at radius 2 is 1.93 bits per heavy atom. The van der Waals surface area contributed by atoms with Crippen molar-refractivity contribution in [1.82, 2.24) is 15.3 Å². The summed E-state index contributed by atoms with van der Waals surface area (Å²) < 4.78 is 5.55. The van der Waals surface area contributed by atoms with Crippen LogP contribution in [0.25, 0.3) is 11.3 Å². The SMILES string of the molecule is COc1cc(-c2ccnc(NC3CCCCC3)c2)nc(N2CCNCC2)c1. The molecule has 2 aliphatic rings. The Morgan fingerprint density at radius 1 is 1.11 bits per heavy atom. The number of piperazine rings is 1. The summed E-state index contributed by atoms with van der Waals surface area (Å²) in [6, 6.07) is 8.70. The number of anilines is 2. The van der Waals surface area contributed by atoms with E-state index in [1.165, 1.54) is 32.1 Å². The molecule has 27 heavy (non-hydrogen) atoms. The minimum Gasteiger partial charge on any atom is -0.497 e. The van der Waals surface area contributed by atoms with Crippen LogP contribution >= 0.6 is 0 Å². The van der Waals surface area contributed by atoms with E-state index in [4.69, 9.17) is 9.72 Å². The molecule has 0 unspecified atom stereocenters. The van der Waals surface area contributed by atoms with Crippen molar-refractivity contribution in [3.8, 4) is 17.0 Å². The normalized spacial score (nSPS) is 18.3. The summed E-state index contributed by atoms with van der Waals surface area (Å²) in [7, 11) is 1.71. The maximum atomic E-state index is 5.55. The zero-order valence-corrected chi connectivity index (χ0v) is 16.1. The van der Waals surface area contributed by atoms with Gasteiger partial charge in [0.25, 0.3) is 0 Å². The topological polar surface area (TPSA) is 62.3 Å². The Labute approximate surface area is 161 Å². The third-order valence-electron chi connectivity index (χ3n) is 5.47. The van der Waals surface area contributed by atoms with Gasteiger partial charge in [-0.15, -0.1) is 0 Å². The Kier molecular flexibility index (Phi) is 5.72. The first-order valence-corrected chi connectivity index (χ1v) is 10.1. The lowest BCUT2D eigenvalue weighted by atomic mass is 9.95. The van der Waals surface area contributed by atoms with Gasteiger partial charge in [-0.3, -0.25) is 0 Å². The largest absolute Gasteiger partial charge is 0.497 e. The van der Waals surface area contributed by atoms with E-state index in [1.54, 1.807) is 7.11 Å². The van der Waals surface area contributed by atoms with Gasteiger partial charge in [-0.25, -0.2) is 9.97 Å². The molecule has 144 valence electrons. The lowest BCUT2D eigenvalue weighted by Gasteiger charge is -2.29. The van der Waals surface area contributed by atoms with Gasteiger partial charge in [-0.2, -0.15) is 0 Å². The third-order valence-corrected chi connectivity index (χ3v) is 5.47. The number of hydrogen-bond donors (Lipinski definition) is 2. The van der Waals surface area contributed by atoms with Crippen molar-refractivity contribution in [2.75, 3.05) is 43.5 Å². The Bertz CT molecular complexity index is 754. The fraction of sp³-hybridized carbons (Fsp3) is 0.524. The first-order valence-electron chi connectivity index (χ1n) is 10.1. The van der Waals surface area contributed by atoms with Crippen LogP contribution in [0.15, 0.2) is 30.5 Å². The second-order valence-corrected chi connectivity index (χ2v) is 7.40. The second-order valence-electron chi connectivity index (χ2n) is 7.40. The van der Waals surface area contributed by atoms with E-state index < -0.39 is 0 Å². The predicted octanol–water partition coefficient (Wildman–Crippen LogP) is 3.31. The number of aromatic nitrogens is 2. The summed E-state index contributed by atoms with van der Waals surface area (Å²) >= 11 is 0. The fourth-order valence-electron chi connectivity index (χ4n) is 3.94. The van der Waals surface area contributed by atoms with Crippen LogP contribution < -0.4 is 20.3 Å². The van der Waals surface area contributed by atoms with Gasteiger partial charge in [0.15, 0.2) is 0 Å². The third kappa shape index (κ3) is 4.50. The molecule has 2 N–H and O–H groups in total. The summed E-state index contributed by atoms with van der Waals surface area (Å²) in [6.45, 7) is 3.90. The first-order chi connectivity index (χ1) is 13.3. The van der Waals surface area contributed by atoms with Gasteiger partial charge >= 0.3 is 0 Å². The number of methoxy groups -OCH3 is 1. The average Bonchev–Trinajstić information content (AvgIpc) is 2.75. The molecule has 6 heteroatoms. The molecule has 0 radical (unpaired) electrons. The molecule has 0 atom stereocenters. The first kappa shape index (κ1) is 18.0. The maximum absolute atomic E-state index is 5.55. The van der Waals surface area contributed by atoms with Crippen molar-refractivity contribution in [3.63, 3.8) is 0 Å². The summed E-state index contributed by atoms with van der Waals surface area (Å²) in [6.07, 6.45) is 8.30. The van der Waals surface area contributed by atoms with E-state index >= 15 is 0 Å². The van der Waals surface area contributed by atoms with Gasteiger partial charge in [0.05, 0.1) is 12.8 Å². The monoisotopic (exact) mass is 367 g/mol. The predicted molar refractivity (Wildman–Crippen MR) is 110 cm³/mol. The molecule has 3 heterocycles. The molecule has 0 aromatic carbocycles. The zero-order valence-electron chi connectivity index (χ0n) is 16.1. The molecule has 1 aliphatic heterocycles. The molecule has 1 saturated carbocycles. The Hall–Kier alpha value is -2.34. The standard InChI is InChI=1S/C21H29N5O/c1-27-18-14-19(25-21(15-18)26-11-9-22-10-12-26)16-7-8-23-20(13-16)24-17-5-3-2-4-6-17/h7-8,13-15,17,22H,2-6,9-12H2,1H3,(H,23,24). The van der Waals surface area contributed by atoms with Gasteiger partial charge in [-0.05, 0) is 25.0 Å². The number of nitrogens with one attached hydrogen (secondary N) is 2. The van der Waals surface area contributed by atoms with Crippen LogP contribution in [-0.4, -0.2) is 49.3 Å². The summed E-state index contributed by atoms with van der Waals surface area (Å²) in [5, 5.41) is 7.00. The maximum Gasteiger partial charge on any atom is 0.133 e.